The number of aromatic nitrogens is 4. The molecule has 2 fully saturated rings. The van der Waals surface area contributed by atoms with Crippen molar-refractivity contribution in [3.05, 3.63) is 76.5 Å². The van der Waals surface area contributed by atoms with Crippen molar-refractivity contribution in [2.45, 2.75) is 64.3 Å². The molecule has 0 N–H and O–H groups in total. The maximum atomic E-state index is 13.2. The predicted octanol–water partition coefficient (Wildman–Crippen LogP) is 4.85. The van der Waals surface area contributed by atoms with E-state index in [0.717, 1.165) is 73.9 Å². The molecule has 3 aromatic rings. The molecule has 3 aliphatic rings. The van der Waals surface area contributed by atoms with Crippen molar-refractivity contribution in [3.63, 3.8) is 0 Å². The van der Waals surface area contributed by atoms with Crippen LogP contribution in [0.1, 0.15) is 76.5 Å². The molecule has 1 aliphatic heterocycles. The Balaban J connectivity index is 1.12. The minimum absolute atomic E-state index is 0.0533. The van der Waals surface area contributed by atoms with Gasteiger partial charge in [-0.05, 0) is 80.2 Å². The van der Waals surface area contributed by atoms with Crippen molar-refractivity contribution < 1.29 is 9.53 Å². The van der Waals surface area contributed by atoms with Gasteiger partial charge in [0.2, 0.25) is 0 Å². The number of morpholine rings is 1. The lowest BCUT2D eigenvalue weighted by atomic mass is 9.90. The van der Waals surface area contributed by atoms with Crippen LogP contribution in [0.5, 0.6) is 0 Å². The zero-order chi connectivity index (χ0) is 25.4. The number of aryl methyl sites for hydroxylation is 1. The van der Waals surface area contributed by atoms with E-state index in [0.29, 0.717) is 23.9 Å². The number of hydrogen-bond acceptors (Lipinski definition) is 6. The molecular weight excluding hydrogens is 462 g/mol. The highest BCUT2D eigenvalue weighted by Gasteiger charge is 2.25. The van der Waals surface area contributed by atoms with Crippen LogP contribution in [0, 0.1) is 13.8 Å². The molecule has 37 heavy (non-hydrogen) atoms. The molecule has 1 saturated carbocycles. The molecule has 1 atom stereocenters. The van der Waals surface area contributed by atoms with E-state index in [1.165, 1.54) is 24.0 Å². The fourth-order valence-corrected chi connectivity index (χ4v) is 5.75. The summed E-state index contributed by atoms with van der Waals surface area (Å²) in [6, 6.07) is 6.85. The second-order valence-electron chi connectivity index (χ2n) is 10.7. The van der Waals surface area contributed by atoms with Crippen LogP contribution in [-0.4, -0.2) is 62.8 Å². The number of carbonyl (C=O) groups is 1. The normalized spacial score (nSPS) is 20.6. The molecule has 0 bridgehead atoms. The van der Waals surface area contributed by atoms with Crippen molar-refractivity contribution in [2.75, 3.05) is 26.3 Å². The van der Waals surface area contributed by atoms with Crippen LogP contribution >= 0.6 is 0 Å². The van der Waals surface area contributed by atoms with E-state index in [4.69, 9.17) is 9.72 Å². The van der Waals surface area contributed by atoms with E-state index in [1.807, 2.05) is 25.4 Å². The summed E-state index contributed by atoms with van der Waals surface area (Å²) in [6.45, 7) is 7.80. The average molecular weight is 498 g/mol. The molecule has 6 rings (SSSR count). The van der Waals surface area contributed by atoms with Gasteiger partial charge in [-0.25, -0.2) is 9.67 Å². The third-order valence-electron chi connectivity index (χ3n) is 8.10. The number of rotatable bonds is 7. The molecule has 1 unspecified atom stereocenters. The molecule has 0 aromatic carbocycles. The van der Waals surface area contributed by atoms with Crippen LogP contribution in [0.15, 0.2) is 42.9 Å². The van der Waals surface area contributed by atoms with E-state index in [9.17, 15) is 4.79 Å². The Bertz CT molecular complexity index is 1320. The van der Waals surface area contributed by atoms with E-state index in [-0.39, 0.29) is 5.78 Å². The largest absolute Gasteiger partial charge is 0.379 e. The SMILES string of the molecule is Cc1cc(CC(=O)c2cnn(-c3ccc(C4CC4)cn3)c2C)cnc1C1=CCC(N2CCOCC2)CC1. The number of ketones is 1. The van der Waals surface area contributed by atoms with Crippen molar-refractivity contribution >= 4 is 11.4 Å². The van der Waals surface area contributed by atoms with Gasteiger partial charge in [-0.15, -0.1) is 0 Å². The first-order valence-electron chi connectivity index (χ1n) is 13.6. The molecule has 2 aliphatic carbocycles. The summed E-state index contributed by atoms with van der Waals surface area (Å²) in [6.07, 6.45) is 13.9. The van der Waals surface area contributed by atoms with Crippen LogP contribution in [0.4, 0.5) is 0 Å². The molecule has 192 valence electrons. The van der Waals surface area contributed by atoms with Crippen LogP contribution in [-0.2, 0) is 11.2 Å². The number of nitrogens with zero attached hydrogens (tertiary/aromatic N) is 5. The summed E-state index contributed by atoms with van der Waals surface area (Å²) in [5, 5.41) is 4.47. The number of pyridine rings is 2. The van der Waals surface area contributed by atoms with Gasteiger partial charge in [0.05, 0.1) is 36.4 Å². The predicted molar refractivity (Wildman–Crippen MR) is 143 cm³/mol. The molecule has 3 aromatic heterocycles. The standard InChI is InChI=1S/C30H35N5O2/c1-20-15-22(17-32-30(20)24-5-8-26(9-6-24)34-11-13-37-14-12-34)16-28(36)27-19-33-35(21(27)2)29-10-7-25(18-31-29)23-3-4-23/h5,7,10,15,17-19,23,26H,3-4,6,8-9,11-14,16H2,1-2H3. The van der Waals surface area contributed by atoms with E-state index in [1.54, 1.807) is 10.9 Å². The molecule has 4 heterocycles. The molecule has 0 spiro atoms. The summed E-state index contributed by atoms with van der Waals surface area (Å²) in [5.41, 5.74) is 7.22. The second-order valence-corrected chi connectivity index (χ2v) is 10.7. The maximum absolute atomic E-state index is 13.2. The van der Waals surface area contributed by atoms with Crippen LogP contribution in [0.3, 0.4) is 0 Å². The van der Waals surface area contributed by atoms with Gasteiger partial charge < -0.3 is 4.74 Å². The molecule has 0 amide bonds. The smallest absolute Gasteiger partial charge is 0.170 e. The number of ether oxygens (including phenoxy) is 1. The third-order valence-corrected chi connectivity index (χ3v) is 8.10. The third kappa shape index (κ3) is 5.15. The van der Waals surface area contributed by atoms with Crippen LogP contribution in [0.2, 0.25) is 0 Å². The van der Waals surface area contributed by atoms with Crippen LogP contribution in [0.25, 0.3) is 11.4 Å². The highest BCUT2D eigenvalue weighted by atomic mass is 16.5. The van der Waals surface area contributed by atoms with E-state index < -0.39 is 0 Å². The Morgan fingerprint density at radius 2 is 1.89 bits per heavy atom. The van der Waals surface area contributed by atoms with Gasteiger partial charge in [-0.2, -0.15) is 5.10 Å². The monoisotopic (exact) mass is 497 g/mol. The van der Waals surface area contributed by atoms with Gasteiger partial charge >= 0.3 is 0 Å². The fourth-order valence-electron chi connectivity index (χ4n) is 5.75. The first-order valence-corrected chi connectivity index (χ1v) is 13.6. The van der Waals surface area contributed by atoms with E-state index >= 15 is 0 Å². The topological polar surface area (TPSA) is 73.1 Å². The Labute approximate surface area is 218 Å². The van der Waals surface area contributed by atoms with Gasteiger partial charge in [-0.1, -0.05) is 18.2 Å². The molecule has 7 nitrogen and oxygen atoms in total. The number of allylic oxidation sites excluding steroid dienone is 1. The van der Waals surface area contributed by atoms with Crippen molar-refractivity contribution in [1.29, 1.82) is 0 Å². The Kier molecular flexibility index (Phi) is 6.74. The number of hydrogen-bond donors (Lipinski definition) is 0. The lowest BCUT2D eigenvalue weighted by molar-refractivity contribution is 0.0150. The van der Waals surface area contributed by atoms with Gasteiger partial charge in [0.15, 0.2) is 11.6 Å². The summed E-state index contributed by atoms with van der Waals surface area (Å²) in [4.78, 5) is 25.1. The van der Waals surface area contributed by atoms with Crippen LogP contribution < -0.4 is 0 Å². The second kappa shape index (κ2) is 10.3. The summed E-state index contributed by atoms with van der Waals surface area (Å²) in [5.74, 6) is 1.47. The molecule has 7 heteroatoms. The van der Waals surface area contributed by atoms with Crippen molar-refractivity contribution in [2.24, 2.45) is 0 Å². The van der Waals surface area contributed by atoms with E-state index in [2.05, 4.69) is 40.1 Å². The highest BCUT2D eigenvalue weighted by molar-refractivity contribution is 5.98. The number of Topliss-reactive ketones (excluding diaryl/α,β-unsaturated/α-hetero) is 1. The molecular formula is C30H35N5O2. The minimum Gasteiger partial charge on any atom is -0.379 e. The lowest BCUT2D eigenvalue weighted by Gasteiger charge is -2.36. The molecule has 0 radical (unpaired) electrons. The number of carbonyl (C=O) groups excluding carboxylic acids is 1. The summed E-state index contributed by atoms with van der Waals surface area (Å²) >= 11 is 0. The maximum Gasteiger partial charge on any atom is 0.170 e. The minimum atomic E-state index is 0.0533. The first-order chi connectivity index (χ1) is 18.1. The van der Waals surface area contributed by atoms with Gasteiger partial charge in [0.25, 0.3) is 0 Å². The average Bonchev–Trinajstić information content (AvgIpc) is 3.71. The fraction of sp³-hybridized carbons (Fsp3) is 0.467. The Morgan fingerprint density at radius 1 is 1.05 bits per heavy atom. The highest BCUT2D eigenvalue weighted by Crippen LogP contribution is 2.39. The lowest BCUT2D eigenvalue weighted by Crippen LogP contribution is -2.43. The first kappa shape index (κ1) is 24.2. The zero-order valence-electron chi connectivity index (χ0n) is 21.8. The molecule has 1 saturated heterocycles. The van der Waals surface area contributed by atoms with Gasteiger partial charge in [0, 0.05) is 37.9 Å². The Hall–Kier alpha value is -3.16. The summed E-state index contributed by atoms with van der Waals surface area (Å²) in [7, 11) is 0. The van der Waals surface area contributed by atoms with Gasteiger partial charge in [0.1, 0.15) is 0 Å². The zero-order valence-corrected chi connectivity index (χ0v) is 21.8. The summed E-state index contributed by atoms with van der Waals surface area (Å²) < 4.78 is 7.27. The van der Waals surface area contributed by atoms with Gasteiger partial charge in [-0.3, -0.25) is 14.7 Å². The Morgan fingerprint density at radius 3 is 2.57 bits per heavy atom. The quantitative estimate of drug-likeness (QED) is 0.435. The van der Waals surface area contributed by atoms with Crippen molar-refractivity contribution in [1.82, 2.24) is 24.6 Å². The van der Waals surface area contributed by atoms with Crippen molar-refractivity contribution in [3.8, 4) is 5.82 Å².